The molecule has 24 heavy (non-hydrogen) atoms. The van der Waals surface area contributed by atoms with Gasteiger partial charge in [-0.05, 0) is 80.6 Å². The van der Waals surface area contributed by atoms with E-state index in [1.54, 1.807) is 5.57 Å². The van der Waals surface area contributed by atoms with Crippen molar-refractivity contribution < 1.29 is 0 Å². The standard InChI is InChI=1S/C21H23ClN2/c1-24-12-3-5-15(10-13-24)20-19-9-8-18(22)14-17(19)7-6-16-4-2-11-23-21(16)20/h2,4,8-9,11,14H,3,5-7,10,12-13H2,1H3/b20-15+. The number of rotatable bonds is 0. The number of aryl methyl sites for hydroxylation is 2. The zero-order chi connectivity index (χ0) is 16.5. The molecule has 3 heteroatoms. The van der Waals surface area contributed by atoms with Crippen LogP contribution in [-0.2, 0) is 12.8 Å². The van der Waals surface area contributed by atoms with E-state index in [4.69, 9.17) is 16.6 Å². The molecule has 0 amide bonds. The van der Waals surface area contributed by atoms with Crippen LogP contribution >= 0.6 is 11.6 Å². The Kier molecular flexibility index (Phi) is 4.43. The van der Waals surface area contributed by atoms with Crippen molar-refractivity contribution in [1.82, 2.24) is 9.88 Å². The van der Waals surface area contributed by atoms with Gasteiger partial charge in [-0.15, -0.1) is 0 Å². The first-order chi connectivity index (χ1) is 11.7. The number of halogens is 1. The van der Waals surface area contributed by atoms with E-state index in [9.17, 15) is 0 Å². The number of pyridine rings is 1. The third-order valence-electron chi connectivity index (χ3n) is 5.30. The van der Waals surface area contributed by atoms with Gasteiger partial charge in [0.2, 0.25) is 0 Å². The van der Waals surface area contributed by atoms with Crippen molar-refractivity contribution in [2.45, 2.75) is 32.1 Å². The van der Waals surface area contributed by atoms with Gasteiger partial charge in [0.15, 0.2) is 0 Å². The maximum absolute atomic E-state index is 6.28. The Morgan fingerprint density at radius 1 is 1.00 bits per heavy atom. The topological polar surface area (TPSA) is 16.1 Å². The maximum atomic E-state index is 6.28. The second-order valence-corrected chi connectivity index (χ2v) is 7.38. The van der Waals surface area contributed by atoms with Gasteiger partial charge >= 0.3 is 0 Å². The summed E-state index contributed by atoms with van der Waals surface area (Å²) in [6, 6.07) is 10.7. The monoisotopic (exact) mass is 338 g/mol. The molecule has 1 aliphatic carbocycles. The van der Waals surface area contributed by atoms with Crippen molar-refractivity contribution in [1.29, 1.82) is 0 Å². The summed E-state index contributed by atoms with van der Waals surface area (Å²) in [6.45, 7) is 2.31. The molecule has 4 rings (SSSR count). The highest BCUT2D eigenvalue weighted by atomic mass is 35.5. The minimum atomic E-state index is 0.831. The predicted molar refractivity (Wildman–Crippen MR) is 100 cm³/mol. The van der Waals surface area contributed by atoms with Crippen LogP contribution in [0.1, 0.15) is 41.6 Å². The highest BCUT2D eigenvalue weighted by Crippen LogP contribution is 2.38. The van der Waals surface area contributed by atoms with Gasteiger partial charge in [-0.3, -0.25) is 4.98 Å². The Morgan fingerprint density at radius 3 is 2.79 bits per heavy atom. The summed E-state index contributed by atoms with van der Waals surface area (Å²) in [7, 11) is 2.22. The summed E-state index contributed by atoms with van der Waals surface area (Å²) in [5.41, 5.74) is 8.20. The zero-order valence-electron chi connectivity index (χ0n) is 14.2. The molecule has 0 radical (unpaired) electrons. The smallest absolute Gasteiger partial charge is 0.0739 e. The molecule has 1 saturated heterocycles. The first kappa shape index (κ1) is 15.9. The molecule has 0 saturated carbocycles. The summed E-state index contributed by atoms with van der Waals surface area (Å²) in [4.78, 5) is 7.24. The molecule has 0 bridgehead atoms. The Labute approximate surface area is 149 Å². The van der Waals surface area contributed by atoms with Gasteiger partial charge in [-0.2, -0.15) is 0 Å². The Hall–Kier alpha value is -1.64. The van der Waals surface area contributed by atoms with Crippen LogP contribution in [0.25, 0.3) is 5.57 Å². The van der Waals surface area contributed by atoms with Gasteiger partial charge in [0, 0.05) is 23.3 Å². The minimum Gasteiger partial charge on any atom is -0.306 e. The van der Waals surface area contributed by atoms with Crippen molar-refractivity contribution >= 4 is 17.2 Å². The second kappa shape index (κ2) is 6.70. The van der Waals surface area contributed by atoms with Gasteiger partial charge in [0.05, 0.1) is 5.69 Å². The molecule has 124 valence electrons. The van der Waals surface area contributed by atoms with Crippen LogP contribution in [0.3, 0.4) is 0 Å². The molecule has 2 aromatic rings. The quantitative estimate of drug-likeness (QED) is 0.689. The lowest BCUT2D eigenvalue weighted by atomic mass is 9.90. The number of benzene rings is 1. The van der Waals surface area contributed by atoms with Crippen LogP contribution in [0, 0.1) is 0 Å². The Bertz CT molecular complexity index is 794. The molecule has 1 aliphatic heterocycles. The Balaban J connectivity index is 1.93. The fraction of sp³-hybridized carbons (Fsp3) is 0.381. The third kappa shape index (κ3) is 3.01. The average molecular weight is 339 g/mol. The van der Waals surface area contributed by atoms with E-state index in [2.05, 4.69) is 36.2 Å². The molecule has 1 aromatic carbocycles. The Morgan fingerprint density at radius 2 is 1.88 bits per heavy atom. The highest BCUT2D eigenvalue weighted by Gasteiger charge is 2.23. The lowest BCUT2D eigenvalue weighted by Gasteiger charge is -2.17. The third-order valence-corrected chi connectivity index (χ3v) is 5.53. The van der Waals surface area contributed by atoms with Crippen LogP contribution in [0.15, 0.2) is 42.1 Å². The fourth-order valence-corrected chi connectivity index (χ4v) is 4.20. The number of hydrogen-bond acceptors (Lipinski definition) is 2. The minimum absolute atomic E-state index is 0.831. The van der Waals surface area contributed by atoms with Gasteiger partial charge in [0.1, 0.15) is 0 Å². The molecule has 2 aliphatic rings. The van der Waals surface area contributed by atoms with E-state index in [1.807, 2.05) is 12.3 Å². The van der Waals surface area contributed by atoms with Gasteiger partial charge in [-0.25, -0.2) is 0 Å². The highest BCUT2D eigenvalue weighted by molar-refractivity contribution is 6.30. The van der Waals surface area contributed by atoms with E-state index in [0.717, 1.165) is 37.3 Å². The summed E-state index contributed by atoms with van der Waals surface area (Å²) in [6.07, 6.45) is 7.52. The van der Waals surface area contributed by atoms with Crippen molar-refractivity contribution in [2.24, 2.45) is 0 Å². The zero-order valence-corrected chi connectivity index (χ0v) is 14.9. The molecule has 0 unspecified atom stereocenters. The second-order valence-electron chi connectivity index (χ2n) is 6.95. The van der Waals surface area contributed by atoms with Crippen LogP contribution in [0.4, 0.5) is 0 Å². The van der Waals surface area contributed by atoms with Gasteiger partial charge in [0.25, 0.3) is 0 Å². The van der Waals surface area contributed by atoms with E-state index in [1.165, 1.54) is 40.9 Å². The van der Waals surface area contributed by atoms with Crippen LogP contribution in [-0.4, -0.2) is 30.0 Å². The number of likely N-dealkylation sites (tertiary alicyclic amines) is 1. The van der Waals surface area contributed by atoms with Crippen molar-refractivity contribution in [3.8, 4) is 0 Å². The van der Waals surface area contributed by atoms with Crippen molar-refractivity contribution in [2.75, 3.05) is 20.1 Å². The van der Waals surface area contributed by atoms with Crippen LogP contribution < -0.4 is 0 Å². The molecule has 0 N–H and O–H groups in total. The van der Waals surface area contributed by atoms with E-state index in [-0.39, 0.29) is 0 Å². The first-order valence-corrected chi connectivity index (χ1v) is 9.24. The van der Waals surface area contributed by atoms with E-state index < -0.39 is 0 Å². The molecule has 1 fully saturated rings. The molecule has 0 atom stereocenters. The lowest BCUT2D eigenvalue weighted by molar-refractivity contribution is 0.351. The summed E-state index contributed by atoms with van der Waals surface area (Å²) in [5.74, 6) is 0. The fourth-order valence-electron chi connectivity index (χ4n) is 4.01. The summed E-state index contributed by atoms with van der Waals surface area (Å²) < 4.78 is 0. The molecule has 0 spiro atoms. The molecule has 1 aromatic heterocycles. The van der Waals surface area contributed by atoms with Crippen LogP contribution in [0.5, 0.6) is 0 Å². The average Bonchev–Trinajstić information content (AvgIpc) is 2.89. The number of fused-ring (bicyclic) bond motifs is 2. The largest absolute Gasteiger partial charge is 0.306 e. The summed E-state index contributed by atoms with van der Waals surface area (Å²) in [5, 5.41) is 0.831. The van der Waals surface area contributed by atoms with E-state index in [0.29, 0.717) is 0 Å². The van der Waals surface area contributed by atoms with Crippen LogP contribution in [0.2, 0.25) is 5.02 Å². The van der Waals surface area contributed by atoms with E-state index >= 15 is 0 Å². The molecular formula is C21H23ClN2. The lowest BCUT2D eigenvalue weighted by Crippen LogP contribution is -2.18. The SMILES string of the molecule is CN1CCC/C(=C2/c3ccc(Cl)cc3CCc3cccnc32)CC1. The molecular weight excluding hydrogens is 316 g/mol. The van der Waals surface area contributed by atoms with Gasteiger partial charge < -0.3 is 4.90 Å². The first-order valence-electron chi connectivity index (χ1n) is 8.86. The summed E-state index contributed by atoms with van der Waals surface area (Å²) >= 11 is 6.28. The van der Waals surface area contributed by atoms with Crippen molar-refractivity contribution in [3.05, 3.63) is 69.5 Å². The molecule has 2 heterocycles. The normalized spacial score (nSPS) is 21.6. The number of hydrogen-bond donors (Lipinski definition) is 0. The maximum Gasteiger partial charge on any atom is 0.0739 e. The number of aromatic nitrogens is 1. The van der Waals surface area contributed by atoms with Gasteiger partial charge in [-0.1, -0.05) is 29.3 Å². The predicted octanol–water partition coefficient (Wildman–Crippen LogP) is 4.75. The molecule has 2 nitrogen and oxygen atoms in total. The number of nitrogens with zero attached hydrogens (tertiary/aromatic N) is 2. The van der Waals surface area contributed by atoms with Crippen molar-refractivity contribution in [3.63, 3.8) is 0 Å².